The molecule has 1 atom stereocenters. The number of piperidine rings is 1. The van der Waals surface area contributed by atoms with Crippen LogP contribution >= 0.6 is 0 Å². The molecule has 0 saturated carbocycles. The van der Waals surface area contributed by atoms with E-state index in [-0.39, 0.29) is 0 Å². The van der Waals surface area contributed by atoms with E-state index in [2.05, 4.69) is 36.5 Å². The Hall–Kier alpha value is -1.02. The minimum Gasteiger partial charge on any atom is -0.492 e. The molecule has 1 unspecified atom stereocenters. The molecular formula is C14H21NO. The summed E-state index contributed by atoms with van der Waals surface area (Å²) in [5, 5.41) is 3.49. The van der Waals surface area contributed by atoms with E-state index >= 15 is 0 Å². The lowest BCUT2D eigenvalue weighted by Gasteiger charge is -2.23. The van der Waals surface area contributed by atoms with Gasteiger partial charge in [-0.15, -0.1) is 0 Å². The number of hydrogen-bond donors (Lipinski definition) is 1. The van der Waals surface area contributed by atoms with E-state index in [1.54, 1.807) is 0 Å². The van der Waals surface area contributed by atoms with Crippen LogP contribution in [0.2, 0.25) is 0 Å². The highest BCUT2D eigenvalue weighted by Crippen LogP contribution is 2.14. The summed E-state index contributed by atoms with van der Waals surface area (Å²) in [7, 11) is 0. The highest BCUT2D eigenvalue weighted by Gasteiger charge is 2.12. The Morgan fingerprint density at radius 2 is 2.06 bits per heavy atom. The summed E-state index contributed by atoms with van der Waals surface area (Å²) in [5.41, 5.74) is 1.36. The van der Waals surface area contributed by atoms with Crippen molar-refractivity contribution in [3.63, 3.8) is 0 Å². The molecule has 0 spiro atoms. The van der Waals surface area contributed by atoms with Gasteiger partial charge in [0.1, 0.15) is 12.4 Å². The minimum atomic E-state index is 0.541. The van der Waals surface area contributed by atoms with Crippen molar-refractivity contribution in [3.05, 3.63) is 29.8 Å². The second-order valence-electron chi connectivity index (χ2n) is 4.46. The molecule has 1 aliphatic heterocycles. The predicted molar refractivity (Wildman–Crippen MR) is 67.0 cm³/mol. The molecule has 1 fully saturated rings. The zero-order valence-electron chi connectivity index (χ0n) is 10.0. The summed E-state index contributed by atoms with van der Waals surface area (Å²) in [6.45, 7) is 4.11. The maximum atomic E-state index is 5.78. The van der Waals surface area contributed by atoms with Gasteiger partial charge in [-0.1, -0.05) is 25.5 Å². The lowest BCUT2D eigenvalue weighted by atomic mass is 10.1. The molecule has 1 aromatic rings. The Kier molecular flexibility index (Phi) is 4.23. The number of benzene rings is 1. The van der Waals surface area contributed by atoms with Gasteiger partial charge < -0.3 is 10.1 Å². The van der Waals surface area contributed by atoms with Gasteiger partial charge in [0.25, 0.3) is 0 Å². The van der Waals surface area contributed by atoms with Crippen molar-refractivity contribution in [2.75, 3.05) is 13.2 Å². The van der Waals surface area contributed by atoms with E-state index in [0.29, 0.717) is 6.04 Å². The Morgan fingerprint density at radius 3 is 2.69 bits per heavy atom. The van der Waals surface area contributed by atoms with Crippen LogP contribution in [-0.2, 0) is 6.42 Å². The predicted octanol–water partition coefficient (Wildman–Crippen LogP) is 2.77. The maximum absolute atomic E-state index is 5.78. The number of rotatable bonds is 4. The molecule has 1 aromatic carbocycles. The van der Waals surface area contributed by atoms with Gasteiger partial charge >= 0.3 is 0 Å². The van der Waals surface area contributed by atoms with Crippen LogP contribution in [0.5, 0.6) is 5.75 Å². The molecular weight excluding hydrogens is 198 g/mol. The Morgan fingerprint density at radius 1 is 1.25 bits per heavy atom. The Bertz CT molecular complexity index is 301. The third-order valence-corrected chi connectivity index (χ3v) is 3.20. The van der Waals surface area contributed by atoms with Crippen molar-refractivity contribution in [2.45, 2.75) is 38.6 Å². The first-order valence-electron chi connectivity index (χ1n) is 6.33. The van der Waals surface area contributed by atoms with Gasteiger partial charge in [0, 0.05) is 6.04 Å². The third-order valence-electron chi connectivity index (χ3n) is 3.20. The monoisotopic (exact) mass is 219 g/mol. The molecule has 0 radical (unpaired) electrons. The topological polar surface area (TPSA) is 21.3 Å². The van der Waals surface area contributed by atoms with Gasteiger partial charge in [-0.3, -0.25) is 0 Å². The molecule has 1 heterocycles. The zero-order chi connectivity index (χ0) is 11.2. The smallest absolute Gasteiger partial charge is 0.119 e. The van der Waals surface area contributed by atoms with E-state index < -0.39 is 0 Å². The summed E-state index contributed by atoms with van der Waals surface area (Å²) in [6.07, 6.45) is 4.97. The Labute approximate surface area is 98.0 Å². The Balaban J connectivity index is 1.79. The normalized spacial score (nSPS) is 20.7. The van der Waals surface area contributed by atoms with Gasteiger partial charge in [0.15, 0.2) is 0 Å². The second-order valence-corrected chi connectivity index (χ2v) is 4.46. The molecule has 1 N–H and O–H groups in total. The summed E-state index contributed by atoms with van der Waals surface area (Å²) >= 11 is 0. The van der Waals surface area contributed by atoms with Crippen molar-refractivity contribution in [1.82, 2.24) is 5.32 Å². The molecule has 2 rings (SSSR count). The highest BCUT2D eigenvalue weighted by atomic mass is 16.5. The average Bonchev–Trinajstić information content (AvgIpc) is 2.38. The minimum absolute atomic E-state index is 0.541. The average molecular weight is 219 g/mol. The molecule has 0 bridgehead atoms. The summed E-state index contributed by atoms with van der Waals surface area (Å²) < 4.78 is 5.78. The molecule has 1 aliphatic rings. The highest BCUT2D eigenvalue weighted by molar-refractivity contribution is 5.27. The van der Waals surface area contributed by atoms with E-state index in [1.165, 1.54) is 24.8 Å². The largest absolute Gasteiger partial charge is 0.492 e. The van der Waals surface area contributed by atoms with Gasteiger partial charge in [-0.05, 0) is 43.5 Å². The maximum Gasteiger partial charge on any atom is 0.119 e. The molecule has 0 aliphatic carbocycles. The first-order chi connectivity index (χ1) is 7.88. The molecule has 1 saturated heterocycles. The fourth-order valence-corrected chi connectivity index (χ4v) is 2.08. The fraction of sp³-hybridized carbons (Fsp3) is 0.571. The van der Waals surface area contributed by atoms with Crippen LogP contribution < -0.4 is 10.1 Å². The van der Waals surface area contributed by atoms with Crippen LogP contribution in [0.1, 0.15) is 31.7 Å². The van der Waals surface area contributed by atoms with Gasteiger partial charge in [0.2, 0.25) is 0 Å². The molecule has 88 valence electrons. The van der Waals surface area contributed by atoms with Crippen molar-refractivity contribution < 1.29 is 4.74 Å². The number of aryl methyl sites for hydroxylation is 1. The van der Waals surface area contributed by atoms with Crippen LogP contribution in [-0.4, -0.2) is 19.2 Å². The van der Waals surface area contributed by atoms with Gasteiger partial charge in [0.05, 0.1) is 0 Å². The fourth-order valence-electron chi connectivity index (χ4n) is 2.08. The van der Waals surface area contributed by atoms with Crippen LogP contribution in [0, 0.1) is 0 Å². The zero-order valence-corrected chi connectivity index (χ0v) is 10.0. The van der Waals surface area contributed by atoms with Crippen molar-refractivity contribution in [1.29, 1.82) is 0 Å². The van der Waals surface area contributed by atoms with Crippen LogP contribution in [0.3, 0.4) is 0 Å². The van der Waals surface area contributed by atoms with E-state index in [4.69, 9.17) is 4.74 Å². The SMILES string of the molecule is CCc1ccc(OCC2CCCCN2)cc1. The lowest BCUT2D eigenvalue weighted by molar-refractivity contribution is 0.239. The van der Waals surface area contributed by atoms with Gasteiger partial charge in [-0.2, -0.15) is 0 Å². The van der Waals surface area contributed by atoms with Gasteiger partial charge in [-0.25, -0.2) is 0 Å². The first kappa shape index (κ1) is 11.5. The van der Waals surface area contributed by atoms with Crippen molar-refractivity contribution >= 4 is 0 Å². The molecule has 2 nitrogen and oxygen atoms in total. The number of nitrogens with one attached hydrogen (secondary N) is 1. The molecule has 2 heteroatoms. The quantitative estimate of drug-likeness (QED) is 0.840. The lowest BCUT2D eigenvalue weighted by Crippen LogP contribution is -2.38. The summed E-state index contributed by atoms with van der Waals surface area (Å²) in [4.78, 5) is 0. The van der Waals surface area contributed by atoms with E-state index in [0.717, 1.165) is 25.3 Å². The molecule has 0 amide bonds. The van der Waals surface area contributed by atoms with Crippen LogP contribution in [0.4, 0.5) is 0 Å². The van der Waals surface area contributed by atoms with Crippen molar-refractivity contribution in [3.8, 4) is 5.75 Å². The molecule has 0 aromatic heterocycles. The number of ether oxygens (including phenoxy) is 1. The third kappa shape index (κ3) is 3.24. The summed E-state index contributed by atoms with van der Waals surface area (Å²) in [5.74, 6) is 0.990. The van der Waals surface area contributed by atoms with Crippen LogP contribution in [0.15, 0.2) is 24.3 Å². The van der Waals surface area contributed by atoms with E-state index in [1.807, 2.05) is 0 Å². The first-order valence-corrected chi connectivity index (χ1v) is 6.33. The van der Waals surface area contributed by atoms with E-state index in [9.17, 15) is 0 Å². The molecule has 16 heavy (non-hydrogen) atoms. The van der Waals surface area contributed by atoms with Crippen LogP contribution in [0.25, 0.3) is 0 Å². The second kappa shape index (κ2) is 5.90. The summed E-state index contributed by atoms with van der Waals surface area (Å²) in [6, 6.07) is 8.97. The standard InChI is InChI=1S/C14H21NO/c1-2-12-6-8-14(9-7-12)16-11-13-5-3-4-10-15-13/h6-9,13,15H,2-5,10-11H2,1H3. The van der Waals surface area contributed by atoms with Crippen molar-refractivity contribution in [2.24, 2.45) is 0 Å². The number of hydrogen-bond acceptors (Lipinski definition) is 2.